The van der Waals surface area contributed by atoms with Gasteiger partial charge in [0.2, 0.25) is 0 Å². The van der Waals surface area contributed by atoms with Crippen molar-refractivity contribution in [2.24, 2.45) is 0 Å². The Morgan fingerprint density at radius 1 is 0.250 bits per heavy atom. The number of hydrogen-bond donors (Lipinski definition) is 0. The number of rotatable bonds is 6. The highest BCUT2D eigenvalue weighted by molar-refractivity contribution is 6.11. The van der Waals surface area contributed by atoms with Gasteiger partial charge in [-0.3, -0.25) is 0 Å². The van der Waals surface area contributed by atoms with Crippen LogP contribution in [-0.4, -0.2) is 24.1 Å². The molecule has 3 heterocycles. The Balaban J connectivity index is 1.00. The predicted molar refractivity (Wildman–Crippen MR) is 230 cm³/mol. The molecule has 0 bridgehead atoms. The summed E-state index contributed by atoms with van der Waals surface area (Å²) in [5, 5.41) is 4.94. The molecule has 8 aromatic carbocycles. The Bertz CT molecular complexity index is 3120. The first kappa shape index (κ1) is 31.9. The summed E-state index contributed by atoms with van der Waals surface area (Å²) in [7, 11) is 0. The van der Waals surface area contributed by atoms with Gasteiger partial charge in [-0.2, -0.15) is 0 Å². The third-order valence-corrected chi connectivity index (χ3v) is 10.8. The molecule has 5 heteroatoms. The molecule has 262 valence electrons. The molecular weight excluding hydrogens is 683 g/mol. The number of aromatic nitrogens is 5. The number of nitrogens with zero attached hydrogens (tertiary/aromatic N) is 5. The molecule has 11 aromatic rings. The standard InChI is InChI=1S/C51H33N5/c1-3-14-34(15-4-1)49-52-50(35-16-5-2-6-17-35)54-51(53-49)38-19-13-18-36(32-38)37-26-31-48-44(33-37)43-22-9-12-25-47(43)56(48)40-29-27-39(28-30-40)55-45-23-10-7-20-41(45)42-21-8-11-24-46(42)55/h1-33H. The van der Waals surface area contributed by atoms with Gasteiger partial charge in [-0.15, -0.1) is 0 Å². The van der Waals surface area contributed by atoms with Gasteiger partial charge in [-0.1, -0.05) is 140 Å². The molecule has 0 N–H and O–H groups in total. The van der Waals surface area contributed by atoms with Crippen molar-refractivity contribution in [2.75, 3.05) is 0 Å². The minimum atomic E-state index is 0.640. The van der Waals surface area contributed by atoms with Gasteiger partial charge < -0.3 is 9.13 Å². The van der Waals surface area contributed by atoms with Crippen LogP contribution in [0.15, 0.2) is 200 Å². The molecule has 0 amide bonds. The zero-order valence-corrected chi connectivity index (χ0v) is 30.3. The first-order chi connectivity index (χ1) is 27.8. The van der Waals surface area contributed by atoms with Crippen molar-refractivity contribution in [2.45, 2.75) is 0 Å². The van der Waals surface area contributed by atoms with E-state index in [1.54, 1.807) is 0 Å². The number of para-hydroxylation sites is 3. The first-order valence-corrected chi connectivity index (χ1v) is 18.9. The monoisotopic (exact) mass is 715 g/mol. The Labute approximate surface area is 323 Å². The molecule has 0 aliphatic carbocycles. The third kappa shape index (κ3) is 5.29. The fourth-order valence-corrected chi connectivity index (χ4v) is 8.16. The van der Waals surface area contributed by atoms with Gasteiger partial charge in [0.05, 0.1) is 22.1 Å². The molecule has 11 rings (SSSR count). The predicted octanol–water partition coefficient (Wildman–Crippen LogP) is 12.7. The Kier molecular flexibility index (Phi) is 7.42. The van der Waals surface area contributed by atoms with E-state index in [1.807, 2.05) is 60.7 Å². The highest BCUT2D eigenvalue weighted by atomic mass is 15.0. The van der Waals surface area contributed by atoms with Crippen LogP contribution in [-0.2, 0) is 0 Å². The van der Waals surface area contributed by atoms with Crippen molar-refractivity contribution in [3.05, 3.63) is 200 Å². The lowest BCUT2D eigenvalue weighted by atomic mass is 10.0. The van der Waals surface area contributed by atoms with Crippen molar-refractivity contribution in [3.63, 3.8) is 0 Å². The van der Waals surface area contributed by atoms with Crippen LogP contribution in [0, 0.1) is 0 Å². The lowest BCUT2D eigenvalue weighted by Crippen LogP contribution is -2.00. The minimum Gasteiger partial charge on any atom is -0.309 e. The fraction of sp³-hybridized carbons (Fsp3) is 0. The second-order valence-corrected chi connectivity index (χ2v) is 14.1. The van der Waals surface area contributed by atoms with Crippen LogP contribution in [0.2, 0.25) is 0 Å². The molecule has 0 saturated carbocycles. The van der Waals surface area contributed by atoms with E-state index in [1.165, 1.54) is 38.1 Å². The van der Waals surface area contributed by atoms with Crippen LogP contribution in [0.25, 0.3) is 100 Å². The van der Waals surface area contributed by atoms with Crippen LogP contribution in [0.5, 0.6) is 0 Å². The summed E-state index contributed by atoms with van der Waals surface area (Å²) in [5.41, 5.74) is 12.1. The van der Waals surface area contributed by atoms with E-state index in [4.69, 9.17) is 15.0 Å². The van der Waals surface area contributed by atoms with Crippen molar-refractivity contribution < 1.29 is 0 Å². The molecule has 3 aromatic heterocycles. The second kappa shape index (κ2) is 13.0. The zero-order chi connectivity index (χ0) is 37.0. The van der Waals surface area contributed by atoms with E-state index in [0.29, 0.717) is 17.5 Å². The SMILES string of the molecule is c1ccc(-c2nc(-c3ccccc3)nc(-c3cccc(-c4ccc5c(c4)c4ccccc4n5-c4ccc(-n5c6ccccc6c6ccccc65)cc4)c3)n2)cc1. The van der Waals surface area contributed by atoms with E-state index in [0.717, 1.165) is 44.7 Å². The lowest BCUT2D eigenvalue weighted by molar-refractivity contribution is 1.07. The molecule has 0 spiro atoms. The van der Waals surface area contributed by atoms with Crippen molar-refractivity contribution in [1.29, 1.82) is 0 Å². The maximum absolute atomic E-state index is 4.99. The van der Waals surface area contributed by atoms with Crippen LogP contribution in [0.1, 0.15) is 0 Å². The lowest BCUT2D eigenvalue weighted by Gasteiger charge is -2.12. The molecule has 0 atom stereocenters. The summed E-state index contributed by atoms with van der Waals surface area (Å²) in [6.45, 7) is 0. The normalized spacial score (nSPS) is 11.6. The second-order valence-electron chi connectivity index (χ2n) is 14.1. The molecule has 0 aliphatic heterocycles. The van der Waals surface area contributed by atoms with Crippen molar-refractivity contribution in [3.8, 4) is 56.7 Å². The Hall–Kier alpha value is -7.63. The summed E-state index contributed by atoms with van der Waals surface area (Å²) in [6.07, 6.45) is 0. The zero-order valence-electron chi connectivity index (χ0n) is 30.3. The van der Waals surface area contributed by atoms with Crippen LogP contribution in [0.4, 0.5) is 0 Å². The fourth-order valence-electron chi connectivity index (χ4n) is 8.16. The van der Waals surface area contributed by atoms with E-state index in [9.17, 15) is 0 Å². The van der Waals surface area contributed by atoms with Crippen LogP contribution >= 0.6 is 0 Å². The Morgan fingerprint density at radius 2 is 0.625 bits per heavy atom. The summed E-state index contributed by atoms with van der Waals surface area (Å²) in [4.78, 5) is 14.9. The first-order valence-electron chi connectivity index (χ1n) is 18.9. The molecule has 5 nitrogen and oxygen atoms in total. The van der Waals surface area contributed by atoms with Gasteiger partial charge in [0.15, 0.2) is 17.5 Å². The third-order valence-electron chi connectivity index (χ3n) is 10.8. The van der Waals surface area contributed by atoms with Crippen molar-refractivity contribution >= 4 is 43.6 Å². The Morgan fingerprint density at radius 3 is 1.14 bits per heavy atom. The van der Waals surface area contributed by atoms with Gasteiger partial charge >= 0.3 is 0 Å². The van der Waals surface area contributed by atoms with E-state index >= 15 is 0 Å². The quantitative estimate of drug-likeness (QED) is 0.172. The van der Waals surface area contributed by atoms with Gasteiger partial charge in [0.25, 0.3) is 0 Å². The maximum atomic E-state index is 4.99. The largest absolute Gasteiger partial charge is 0.309 e. The number of hydrogen-bond acceptors (Lipinski definition) is 3. The molecule has 0 saturated heterocycles. The highest BCUT2D eigenvalue weighted by Gasteiger charge is 2.17. The summed E-state index contributed by atoms with van der Waals surface area (Å²) >= 11 is 0. The average molecular weight is 716 g/mol. The number of fused-ring (bicyclic) bond motifs is 6. The number of benzene rings is 8. The molecule has 0 aliphatic rings. The van der Waals surface area contributed by atoms with Crippen LogP contribution in [0.3, 0.4) is 0 Å². The summed E-state index contributed by atoms with van der Waals surface area (Å²) in [5.74, 6) is 1.94. The smallest absolute Gasteiger partial charge is 0.164 e. The molecular formula is C51H33N5. The summed E-state index contributed by atoms with van der Waals surface area (Å²) in [6, 6.07) is 70.5. The van der Waals surface area contributed by atoms with Gasteiger partial charge in [0, 0.05) is 49.6 Å². The van der Waals surface area contributed by atoms with Crippen molar-refractivity contribution in [1.82, 2.24) is 24.1 Å². The highest BCUT2D eigenvalue weighted by Crippen LogP contribution is 2.37. The van der Waals surface area contributed by atoms with Gasteiger partial charge in [0.1, 0.15) is 0 Å². The average Bonchev–Trinajstić information content (AvgIpc) is 3.80. The van der Waals surface area contributed by atoms with E-state index < -0.39 is 0 Å². The van der Waals surface area contributed by atoms with E-state index in [2.05, 4.69) is 149 Å². The maximum Gasteiger partial charge on any atom is 0.164 e. The summed E-state index contributed by atoms with van der Waals surface area (Å²) < 4.78 is 4.74. The minimum absolute atomic E-state index is 0.640. The van der Waals surface area contributed by atoms with Gasteiger partial charge in [-0.05, 0) is 71.8 Å². The molecule has 0 radical (unpaired) electrons. The molecule has 0 fully saturated rings. The van der Waals surface area contributed by atoms with E-state index in [-0.39, 0.29) is 0 Å². The molecule has 56 heavy (non-hydrogen) atoms. The van der Waals surface area contributed by atoms with Gasteiger partial charge in [-0.25, -0.2) is 15.0 Å². The topological polar surface area (TPSA) is 48.5 Å². The molecule has 0 unspecified atom stereocenters. The van der Waals surface area contributed by atoms with Crippen LogP contribution < -0.4 is 0 Å².